The molecule has 0 aliphatic carbocycles. The summed E-state index contributed by atoms with van der Waals surface area (Å²) >= 11 is 8.78. The van der Waals surface area contributed by atoms with Crippen LogP contribution < -0.4 is 4.72 Å². The molecule has 0 radical (unpaired) electrons. The maximum absolute atomic E-state index is 11.2. The summed E-state index contributed by atoms with van der Waals surface area (Å²) < 4.78 is 25.2. The van der Waals surface area contributed by atoms with Gasteiger partial charge >= 0.3 is 0 Å². The highest BCUT2D eigenvalue weighted by molar-refractivity contribution is 9.10. The van der Waals surface area contributed by atoms with Crippen molar-refractivity contribution < 1.29 is 8.42 Å². The Morgan fingerprint density at radius 1 is 1.67 bits per heavy atom. The van der Waals surface area contributed by atoms with E-state index in [0.29, 0.717) is 4.47 Å². The van der Waals surface area contributed by atoms with Crippen LogP contribution in [-0.4, -0.2) is 19.2 Å². The summed E-state index contributed by atoms with van der Waals surface area (Å²) in [6.07, 6.45) is 1.43. The molecule has 15 heavy (non-hydrogen) atoms. The number of rotatable bonds is 3. The van der Waals surface area contributed by atoms with Crippen molar-refractivity contribution >= 4 is 43.2 Å². The second kappa shape index (κ2) is 4.79. The molecule has 0 bridgehead atoms. The van der Waals surface area contributed by atoms with Crippen LogP contribution in [0.15, 0.2) is 16.7 Å². The first-order chi connectivity index (χ1) is 6.94. The highest BCUT2D eigenvalue weighted by atomic mass is 79.9. The van der Waals surface area contributed by atoms with Crippen molar-refractivity contribution in [3.8, 4) is 6.07 Å². The van der Waals surface area contributed by atoms with Gasteiger partial charge in [0.1, 0.15) is 0 Å². The number of pyridine rings is 1. The highest BCUT2D eigenvalue weighted by Gasteiger charge is 2.12. The van der Waals surface area contributed by atoms with Crippen LogP contribution in [0.2, 0.25) is 5.15 Å². The van der Waals surface area contributed by atoms with Crippen LogP contribution in [0.4, 0.5) is 5.69 Å². The van der Waals surface area contributed by atoms with Crippen molar-refractivity contribution in [2.24, 2.45) is 0 Å². The largest absolute Gasteiger partial charge is 0.280 e. The summed E-state index contributed by atoms with van der Waals surface area (Å²) in [5.41, 5.74) is 0.140. The third-order valence-electron chi connectivity index (χ3n) is 1.33. The Kier molecular flexibility index (Phi) is 3.90. The average molecular weight is 311 g/mol. The summed E-state index contributed by atoms with van der Waals surface area (Å²) in [7, 11) is -3.68. The Labute approximate surface area is 100 Å². The van der Waals surface area contributed by atoms with Gasteiger partial charge in [-0.1, -0.05) is 11.6 Å². The molecular weight excluding hydrogens is 306 g/mol. The lowest BCUT2D eigenvalue weighted by molar-refractivity contribution is 0.604. The van der Waals surface area contributed by atoms with E-state index in [1.54, 1.807) is 0 Å². The predicted molar refractivity (Wildman–Crippen MR) is 60.0 cm³/mol. The molecule has 0 aliphatic rings. The first-order valence-electron chi connectivity index (χ1n) is 3.63. The van der Waals surface area contributed by atoms with Crippen LogP contribution >= 0.6 is 27.5 Å². The zero-order valence-electron chi connectivity index (χ0n) is 7.24. The molecule has 80 valence electrons. The van der Waals surface area contributed by atoms with E-state index < -0.39 is 15.8 Å². The Morgan fingerprint density at radius 2 is 2.33 bits per heavy atom. The van der Waals surface area contributed by atoms with Crippen molar-refractivity contribution in [1.82, 2.24) is 4.98 Å². The molecule has 1 heterocycles. The lowest BCUT2D eigenvalue weighted by Crippen LogP contribution is -2.16. The Morgan fingerprint density at radius 3 is 2.93 bits per heavy atom. The Bertz CT molecular complexity index is 511. The van der Waals surface area contributed by atoms with Gasteiger partial charge in [0.25, 0.3) is 0 Å². The minimum Gasteiger partial charge on any atom is -0.280 e. The van der Waals surface area contributed by atoms with E-state index in [9.17, 15) is 8.42 Å². The number of sulfonamides is 1. The second-order valence-corrected chi connectivity index (χ2v) is 5.51. The van der Waals surface area contributed by atoms with Gasteiger partial charge in [0.05, 0.1) is 11.8 Å². The molecule has 8 heteroatoms. The van der Waals surface area contributed by atoms with Gasteiger partial charge in [0.2, 0.25) is 10.0 Å². The summed E-state index contributed by atoms with van der Waals surface area (Å²) in [6, 6.07) is 3.00. The molecule has 1 aromatic heterocycles. The van der Waals surface area contributed by atoms with Crippen molar-refractivity contribution in [3.05, 3.63) is 21.9 Å². The topological polar surface area (TPSA) is 82.8 Å². The summed E-state index contributed by atoms with van der Waals surface area (Å²) in [5, 5.41) is 8.30. The molecule has 0 amide bonds. The quantitative estimate of drug-likeness (QED) is 0.862. The van der Waals surface area contributed by atoms with Crippen molar-refractivity contribution in [2.45, 2.75) is 0 Å². The van der Waals surface area contributed by atoms with E-state index in [1.165, 1.54) is 18.3 Å². The molecule has 1 aromatic rings. The first kappa shape index (κ1) is 12.2. The van der Waals surface area contributed by atoms with E-state index >= 15 is 0 Å². The molecule has 5 nitrogen and oxygen atoms in total. The fourth-order valence-corrected chi connectivity index (χ4v) is 2.05. The average Bonchev–Trinajstić information content (AvgIpc) is 2.10. The second-order valence-electron chi connectivity index (χ2n) is 2.51. The molecule has 1 N–H and O–H groups in total. The number of hydrogen-bond donors (Lipinski definition) is 1. The Balaban J connectivity index is 3.00. The maximum Gasteiger partial charge on any atom is 0.246 e. The van der Waals surface area contributed by atoms with E-state index in [1.807, 2.05) is 0 Å². The van der Waals surface area contributed by atoms with Crippen molar-refractivity contribution in [2.75, 3.05) is 10.5 Å². The van der Waals surface area contributed by atoms with E-state index in [2.05, 4.69) is 25.6 Å². The van der Waals surface area contributed by atoms with Gasteiger partial charge in [0, 0.05) is 10.7 Å². The number of hydrogen-bond acceptors (Lipinski definition) is 4. The lowest BCUT2D eigenvalue weighted by atomic mass is 10.4. The molecule has 0 fully saturated rings. The molecule has 1 rings (SSSR count). The zero-order valence-corrected chi connectivity index (χ0v) is 10.4. The molecular formula is C7H5BrClN3O2S. The summed E-state index contributed by atoms with van der Waals surface area (Å²) in [4.78, 5) is 3.73. The van der Waals surface area contributed by atoms with E-state index in [0.717, 1.165) is 0 Å². The van der Waals surface area contributed by atoms with Gasteiger partial charge < -0.3 is 0 Å². The van der Waals surface area contributed by atoms with Crippen LogP contribution in [0.5, 0.6) is 0 Å². The number of nitriles is 1. The van der Waals surface area contributed by atoms with E-state index in [-0.39, 0.29) is 10.8 Å². The predicted octanol–water partition coefficient (Wildman–Crippen LogP) is 1.76. The third-order valence-corrected chi connectivity index (χ3v) is 3.10. The van der Waals surface area contributed by atoms with Crippen LogP contribution in [-0.2, 0) is 10.0 Å². The molecule has 0 saturated heterocycles. The van der Waals surface area contributed by atoms with Gasteiger partial charge in [-0.15, -0.1) is 0 Å². The van der Waals surface area contributed by atoms with Crippen LogP contribution in [0.3, 0.4) is 0 Å². The number of aromatic nitrogens is 1. The van der Waals surface area contributed by atoms with Gasteiger partial charge in [-0.3, -0.25) is 4.72 Å². The third kappa shape index (κ3) is 3.66. The SMILES string of the molecule is N#CCS(=O)(=O)Nc1cc(Br)cnc1Cl. The van der Waals surface area contributed by atoms with Crippen LogP contribution in [0.25, 0.3) is 0 Å². The standard InChI is InChI=1S/C7H5BrClN3O2S/c8-5-3-6(7(9)11-4-5)12-15(13,14)2-1-10/h3-4,12H,2H2. The van der Waals surface area contributed by atoms with E-state index in [4.69, 9.17) is 16.9 Å². The first-order valence-corrected chi connectivity index (χ1v) is 6.45. The van der Waals surface area contributed by atoms with Crippen LogP contribution in [0, 0.1) is 11.3 Å². The Hall–Kier alpha value is -0.840. The number of anilines is 1. The maximum atomic E-state index is 11.2. The molecule has 0 aromatic carbocycles. The molecule has 0 unspecified atom stereocenters. The minimum atomic E-state index is -3.68. The number of nitrogens with one attached hydrogen (secondary N) is 1. The zero-order chi connectivity index (χ0) is 11.5. The monoisotopic (exact) mass is 309 g/mol. The fourth-order valence-electron chi connectivity index (χ4n) is 0.783. The van der Waals surface area contributed by atoms with Gasteiger partial charge in [0.15, 0.2) is 10.9 Å². The molecule has 0 spiro atoms. The van der Waals surface area contributed by atoms with Gasteiger partial charge in [-0.25, -0.2) is 13.4 Å². The number of nitrogens with zero attached hydrogens (tertiary/aromatic N) is 2. The normalized spacial score (nSPS) is 10.7. The number of halogens is 2. The van der Waals surface area contributed by atoms with Gasteiger partial charge in [-0.2, -0.15) is 5.26 Å². The van der Waals surface area contributed by atoms with Crippen molar-refractivity contribution in [1.29, 1.82) is 5.26 Å². The summed E-state index contributed by atoms with van der Waals surface area (Å²) in [6.45, 7) is 0. The molecule has 0 aliphatic heterocycles. The summed E-state index contributed by atoms with van der Waals surface area (Å²) in [5.74, 6) is -0.629. The van der Waals surface area contributed by atoms with Crippen LogP contribution in [0.1, 0.15) is 0 Å². The van der Waals surface area contributed by atoms with Crippen molar-refractivity contribution in [3.63, 3.8) is 0 Å². The lowest BCUT2D eigenvalue weighted by Gasteiger charge is -2.06. The fraction of sp³-hybridized carbons (Fsp3) is 0.143. The highest BCUT2D eigenvalue weighted by Crippen LogP contribution is 2.23. The van der Waals surface area contributed by atoms with Gasteiger partial charge in [-0.05, 0) is 22.0 Å². The smallest absolute Gasteiger partial charge is 0.246 e. The minimum absolute atomic E-state index is 0.0275. The molecule has 0 atom stereocenters. The molecule has 0 saturated carbocycles.